The highest BCUT2D eigenvalue weighted by molar-refractivity contribution is 5.92. The first kappa shape index (κ1) is 21.5. The van der Waals surface area contributed by atoms with E-state index < -0.39 is 5.97 Å². The van der Waals surface area contributed by atoms with E-state index in [0.717, 1.165) is 47.2 Å². The van der Waals surface area contributed by atoms with Crippen molar-refractivity contribution in [3.8, 4) is 11.1 Å². The second-order valence-electron chi connectivity index (χ2n) is 7.09. The van der Waals surface area contributed by atoms with Crippen LogP contribution in [0, 0.1) is 6.92 Å². The number of aryl methyl sites for hydroxylation is 2. The van der Waals surface area contributed by atoms with Crippen molar-refractivity contribution >= 4 is 17.7 Å². The molecular weight excluding hydrogens is 352 g/mol. The minimum absolute atomic E-state index is 0.103. The summed E-state index contributed by atoms with van der Waals surface area (Å²) in [7, 11) is 1.77. The zero-order valence-electron chi connectivity index (χ0n) is 17.0. The number of hydrogen-bond acceptors (Lipinski definition) is 2. The van der Waals surface area contributed by atoms with E-state index in [0.29, 0.717) is 13.0 Å². The van der Waals surface area contributed by atoms with E-state index in [1.54, 1.807) is 11.9 Å². The standard InChI is InChI=1S/C23H30N2O3/c1-4-5-6-14-24-23(28)25(3)20-9-7-8-19(16-20)21-12-10-18(15-17(21)2)11-13-22(26)27/h7-10,12,15-16H,4-6,11,13-14H2,1-3H3,(H,24,28)(H,26,27). The Bertz CT molecular complexity index is 817. The summed E-state index contributed by atoms with van der Waals surface area (Å²) < 4.78 is 0. The molecule has 0 heterocycles. The number of benzene rings is 2. The van der Waals surface area contributed by atoms with E-state index in [2.05, 4.69) is 12.2 Å². The molecule has 0 radical (unpaired) electrons. The van der Waals surface area contributed by atoms with Gasteiger partial charge < -0.3 is 10.4 Å². The minimum atomic E-state index is -0.787. The Morgan fingerprint density at radius 1 is 1.11 bits per heavy atom. The molecule has 0 aliphatic carbocycles. The van der Waals surface area contributed by atoms with E-state index in [1.165, 1.54) is 0 Å². The van der Waals surface area contributed by atoms with E-state index >= 15 is 0 Å². The van der Waals surface area contributed by atoms with Gasteiger partial charge in [-0.3, -0.25) is 9.69 Å². The largest absolute Gasteiger partial charge is 0.481 e. The van der Waals surface area contributed by atoms with Crippen molar-refractivity contribution < 1.29 is 14.7 Å². The molecule has 0 saturated heterocycles. The first-order chi connectivity index (χ1) is 13.4. The Labute approximate surface area is 167 Å². The second kappa shape index (κ2) is 10.5. The maximum atomic E-state index is 12.4. The van der Waals surface area contributed by atoms with Crippen LogP contribution in [-0.4, -0.2) is 30.7 Å². The predicted octanol–water partition coefficient (Wildman–Crippen LogP) is 5.02. The molecule has 0 spiro atoms. The van der Waals surface area contributed by atoms with E-state index in [-0.39, 0.29) is 12.5 Å². The second-order valence-corrected chi connectivity index (χ2v) is 7.09. The molecule has 5 nitrogen and oxygen atoms in total. The summed E-state index contributed by atoms with van der Waals surface area (Å²) >= 11 is 0. The van der Waals surface area contributed by atoms with E-state index in [9.17, 15) is 9.59 Å². The quantitative estimate of drug-likeness (QED) is 0.599. The van der Waals surface area contributed by atoms with Gasteiger partial charge in [0.1, 0.15) is 0 Å². The predicted molar refractivity (Wildman–Crippen MR) is 114 cm³/mol. The van der Waals surface area contributed by atoms with E-state index in [4.69, 9.17) is 5.11 Å². The Hall–Kier alpha value is -2.82. The highest BCUT2D eigenvalue weighted by Crippen LogP contribution is 2.28. The minimum Gasteiger partial charge on any atom is -0.481 e. The van der Waals surface area contributed by atoms with Crippen LogP contribution in [0.15, 0.2) is 42.5 Å². The third-order valence-electron chi connectivity index (χ3n) is 4.82. The van der Waals surface area contributed by atoms with Crippen molar-refractivity contribution in [1.29, 1.82) is 0 Å². The zero-order chi connectivity index (χ0) is 20.5. The number of amides is 2. The lowest BCUT2D eigenvalue weighted by Gasteiger charge is -2.19. The third kappa shape index (κ3) is 6.12. The van der Waals surface area contributed by atoms with Gasteiger partial charge in [0, 0.05) is 25.7 Å². The van der Waals surface area contributed by atoms with Crippen molar-refractivity contribution in [2.75, 3.05) is 18.5 Å². The third-order valence-corrected chi connectivity index (χ3v) is 4.82. The van der Waals surface area contributed by atoms with Gasteiger partial charge in [-0.1, -0.05) is 50.1 Å². The number of aliphatic carboxylic acids is 1. The van der Waals surface area contributed by atoms with Crippen LogP contribution in [0.5, 0.6) is 0 Å². The first-order valence-electron chi connectivity index (χ1n) is 9.85. The summed E-state index contributed by atoms with van der Waals surface area (Å²) in [6.45, 7) is 4.85. The summed E-state index contributed by atoms with van der Waals surface area (Å²) in [5.74, 6) is -0.787. The SMILES string of the molecule is CCCCCNC(=O)N(C)c1cccc(-c2ccc(CCC(=O)O)cc2C)c1. The Balaban J connectivity index is 2.11. The van der Waals surface area contributed by atoms with Crippen LogP contribution in [0.2, 0.25) is 0 Å². The fourth-order valence-corrected chi connectivity index (χ4v) is 3.14. The number of nitrogens with one attached hydrogen (secondary N) is 1. The maximum Gasteiger partial charge on any atom is 0.321 e. The molecule has 2 aromatic carbocycles. The van der Waals surface area contributed by atoms with E-state index in [1.807, 2.05) is 49.4 Å². The number of nitrogens with zero attached hydrogens (tertiary/aromatic N) is 1. The summed E-state index contributed by atoms with van der Waals surface area (Å²) in [5.41, 5.74) is 5.05. The van der Waals surface area contributed by atoms with Crippen LogP contribution in [0.25, 0.3) is 11.1 Å². The molecule has 28 heavy (non-hydrogen) atoms. The number of anilines is 1. The first-order valence-corrected chi connectivity index (χ1v) is 9.85. The van der Waals surface area contributed by atoms with Crippen molar-refractivity contribution in [2.45, 2.75) is 46.0 Å². The molecule has 2 amide bonds. The molecule has 0 unspecified atom stereocenters. The number of urea groups is 1. The van der Waals surface area contributed by atoms with Crippen molar-refractivity contribution in [3.05, 3.63) is 53.6 Å². The molecule has 2 aromatic rings. The van der Waals surface area contributed by atoms with Crippen LogP contribution in [0.3, 0.4) is 0 Å². The Morgan fingerprint density at radius 3 is 2.57 bits per heavy atom. The maximum absolute atomic E-state index is 12.4. The van der Waals surface area contributed by atoms with Gasteiger partial charge in [0.05, 0.1) is 0 Å². The monoisotopic (exact) mass is 382 g/mol. The molecular formula is C23H30N2O3. The van der Waals surface area contributed by atoms with Gasteiger partial charge in [-0.05, 0) is 54.2 Å². The smallest absolute Gasteiger partial charge is 0.321 e. The van der Waals surface area contributed by atoms with Gasteiger partial charge in [0.25, 0.3) is 0 Å². The summed E-state index contributed by atoms with van der Waals surface area (Å²) in [6, 6.07) is 13.8. The van der Waals surface area contributed by atoms with Crippen LogP contribution in [0.4, 0.5) is 10.5 Å². The summed E-state index contributed by atoms with van der Waals surface area (Å²) in [4.78, 5) is 24.8. The lowest BCUT2D eigenvalue weighted by Crippen LogP contribution is -2.37. The zero-order valence-corrected chi connectivity index (χ0v) is 17.0. The van der Waals surface area contributed by atoms with Gasteiger partial charge in [0.15, 0.2) is 0 Å². The topological polar surface area (TPSA) is 69.6 Å². The lowest BCUT2D eigenvalue weighted by atomic mass is 9.96. The molecule has 5 heteroatoms. The number of carboxylic acids is 1. The number of hydrogen-bond donors (Lipinski definition) is 2. The Morgan fingerprint density at radius 2 is 1.89 bits per heavy atom. The molecule has 0 aromatic heterocycles. The van der Waals surface area contributed by atoms with Crippen LogP contribution >= 0.6 is 0 Å². The average Bonchev–Trinajstić information content (AvgIpc) is 2.69. The normalized spacial score (nSPS) is 10.5. The van der Waals surface area contributed by atoms with Crippen molar-refractivity contribution in [3.63, 3.8) is 0 Å². The van der Waals surface area contributed by atoms with Crippen molar-refractivity contribution in [2.24, 2.45) is 0 Å². The number of carbonyl (C=O) groups excluding carboxylic acids is 1. The van der Waals surface area contributed by atoms with Crippen LogP contribution in [-0.2, 0) is 11.2 Å². The Kier molecular flexibility index (Phi) is 8.05. The van der Waals surface area contributed by atoms with Crippen molar-refractivity contribution in [1.82, 2.24) is 5.32 Å². The molecule has 0 saturated carbocycles. The van der Waals surface area contributed by atoms with Gasteiger partial charge in [-0.25, -0.2) is 4.79 Å². The molecule has 150 valence electrons. The summed E-state index contributed by atoms with van der Waals surface area (Å²) in [5, 5.41) is 11.8. The number of unbranched alkanes of at least 4 members (excludes halogenated alkanes) is 2. The number of rotatable bonds is 9. The molecule has 0 fully saturated rings. The fourth-order valence-electron chi connectivity index (χ4n) is 3.14. The number of carboxylic acid groups (broad SMARTS) is 1. The number of carbonyl (C=O) groups is 2. The molecule has 0 aliphatic rings. The fraction of sp³-hybridized carbons (Fsp3) is 0.391. The lowest BCUT2D eigenvalue weighted by molar-refractivity contribution is -0.136. The summed E-state index contributed by atoms with van der Waals surface area (Å²) in [6.07, 6.45) is 3.89. The van der Waals surface area contributed by atoms with Gasteiger partial charge >= 0.3 is 12.0 Å². The van der Waals surface area contributed by atoms with Gasteiger partial charge in [0.2, 0.25) is 0 Å². The highest BCUT2D eigenvalue weighted by atomic mass is 16.4. The average molecular weight is 383 g/mol. The molecule has 2 rings (SSSR count). The highest BCUT2D eigenvalue weighted by Gasteiger charge is 2.12. The van der Waals surface area contributed by atoms with Gasteiger partial charge in [-0.2, -0.15) is 0 Å². The van der Waals surface area contributed by atoms with Crippen LogP contribution in [0.1, 0.15) is 43.7 Å². The molecule has 0 atom stereocenters. The molecule has 0 aliphatic heterocycles. The van der Waals surface area contributed by atoms with Crippen LogP contribution < -0.4 is 10.2 Å². The molecule has 0 bridgehead atoms. The van der Waals surface area contributed by atoms with Gasteiger partial charge in [-0.15, -0.1) is 0 Å². The molecule has 2 N–H and O–H groups in total.